The van der Waals surface area contributed by atoms with Gasteiger partial charge in [-0.25, -0.2) is 0 Å². The van der Waals surface area contributed by atoms with E-state index in [2.05, 4.69) is 42.8 Å². The minimum Gasteiger partial charge on any atom is -0.323 e. The van der Waals surface area contributed by atoms with Crippen molar-refractivity contribution in [3.8, 4) is 0 Å². The Hall–Kier alpha value is -2.37. The second kappa shape index (κ2) is 8.05. The van der Waals surface area contributed by atoms with Gasteiger partial charge >= 0.3 is 0 Å². The standard InChI is InChI=1S/C24H30ClN5/c1-5-10-24(26,18-8-6-11-27-15-18)22-19-9-7-12-30(23(19)28-29(22)4)21-17(3)13-16(2)14-20(21)25/h6,8,11,13-15H,5,7,9-10,12,26H2,1-4H3. The number of hydrogen-bond donors (Lipinski definition) is 1. The van der Waals surface area contributed by atoms with Crippen molar-refractivity contribution in [2.45, 2.75) is 52.0 Å². The van der Waals surface area contributed by atoms with Crippen molar-refractivity contribution >= 4 is 23.1 Å². The van der Waals surface area contributed by atoms with Crippen molar-refractivity contribution in [3.05, 3.63) is 69.6 Å². The number of benzene rings is 1. The molecule has 158 valence electrons. The van der Waals surface area contributed by atoms with Crippen LogP contribution in [0.3, 0.4) is 0 Å². The van der Waals surface area contributed by atoms with Crippen molar-refractivity contribution in [2.24, 2.45) is 12.8 Å². The molecule has 0 radical (unpaired) electrons. The van der Waals surface area contributed by atoms with Crippen LogP contribution in [0.2, 0.25) is 5.02 Å². The van der Waals surface area contributed by atoms with Gasteiger partial charge in [0.05, 0.1) is 21.9 Å². The van der Waals surface area contributed by atoms with E-state index in [1.54, 1.807) is 6.20 Å². The molecule has 1 aromatic carbocycles. The zero-order valence-corrected chi connectivity index (χ0v) is 19.0. The summed E-state index contributed by atoms with van der Waals surface area (Å²) in [6.45, 7) is 7.25. The first-order chi connectivity index (χ1) is 14.4. The summed E-state index contributed by atoms with van der Waals surface area (Å²) in [6, 6.07) is 8.24. The highest BCUT2D eigenvalue weighted by Crippen LogP contribution is 2.43. The molecule has 2 N–H and O–H groups in total. The lowest BCUT2D eigenvalue weighted by Gasteiger charge is -2.34. The van der Waals surface area contributed by atoms with E-state index in [1.807, 2.05) is 30.1 Å². The maximum Gasteiger partial charge on any atom is 0.158 e. The van der Waals surface area contributed by atoms with Crippen molar-refractivity contribution in [3.63, 3.8) is 0 Å². The van der Waals surface area contributed by atoms with E-state index in [9.17, 15) is 0 Å². The van der Waals surface area contributed by atoms with Crippen LogP contribution in [0.15, 0.2) is 36.7 Å². The van der Waals surface area contributed by atoms with E-state index >= 15 is 0 Å². The van der Waals surface area contributed by atoms with Crippen LogP contribution in [-0.4, -0.2) is 21.3 Å². The third-order valence-electron chi connectivity index (χ3n) is 6.10. The summed E-state index contributed by atoms with van der Waals surface area (Å²) in [5.41, 5.74) is 13.2. The average molecular weight is 424 g/mol. The van der Waals surface area contributed by atoms with Crippen molar-refractivity contribution in [1.82, 2.24) is 14.8 Å². The summed E-state index contributed by atoms with van der Waals surface area (Å²) in [6.07, 6.45) is 7.47. The third-order valence-corrected chi connectivity index (χ3v) is 6.39. The fraction of sp³-hybridized carbons (Fsp3) is 0.417. The lowest BCUT2D eigenvalue weighted by Crippen LogP contribution is -2.41. The predicted molar refractivity (Wildman–Crippen MR) is 124 cm³/mol. The Morgan fingerprint density at radius 2 is 2.07 bits per heavy atom. The Bertz CT molecular complexity index is 1040. The van der Waals surface area contributed by atoms with Gasteiger partial charge in [-0.3, -0.25) is 9.67 Å². The van der Waals surface area contributed by atoms with Crippen molar-refractivity contribution in [2.75, 3.05) is 11.4 Å². The Morgan fingerprint density at radius 3 is 2.73 bits per heavy atom. The van der Waals surface area contributed by atoms with Crippen LogP contribution in [0.4, 0.5) is 11.5 Å². The van der Waals surface area contributed by atoms with Gasteiger partial charge < -0.3 is 10.6 Å². The van der Waals surface area contributed by atoms with Crippen molar-refractivity contribution < 1.29 is 0 Å². The molecular weight excluding hydrogens is 394 g/mol. The normalized spacial score (nSPS) is 15.7. The van der Waals surface area contributed by atoms with E-state index in [1.165, 1.54) is 16.7 Å². The summed E-state index contributed by atoms with van der Waals surface area (Å²) >= 11 is 6.71. The van der Waals surface area contributed by atoms with Gasteiger partial charge in [-0.15, -0.1) is 0 Å². The van der Waals surface area contributed by atoms with Gasteiger partial charge in [0.25, 0.3) is 0 Å². The summed E-state index contributed by atoms with van der Waals surface area (Å²) in [5.74, 6) is 0.974. The van der Waals surface area contributed by atoms with E-state index in [0.29, 0.717) is 0 Å². The highest BCUT2D eigenvalue weighted by Gasteiger charge is 2.38. The molecule has 0 spiro atoms. The number of nitrogens with zero attached hydrogens (tertiary/aromatic N) is 4. The first-order valence-electron chi connectivity index (χ1n) is 10.7. The van der Waals surface area contributed by atoms with Gasteiger partial charge in [-0.05, 0) is 61.9 Å². The maximum atomic E-state index is 7.14. The number of pyridine rings is 1. The quantitative estimate of drug-likeness (QED) is 0.614. The number of hydrogen-bond acceptors (Lipinski definition) is 4. The monoisotopic (exact) mass is 423 g/mol. The molecule has 0 aliphatic carbocycles. The number of aryl methyl sites for hydroxylation is 3. The molecule has 1 aliphatic rings. The van der Waals surface area contributed by atoms with E-state index < -0.39 is 5.54 Å². The molecule has 6 heteroatoms. The number of nitrogens with two attached hydrogens (primary N) is 1. The number of aromatic nitrogens is 3. The molecule has 30 heavy (non-hydrogen) atoms. The molecule has 2 aromatic heterocycles. The fourth-order valence-corrected chi connectivity index (χ4v) is 5.39. The number of halogens is 1. The molecule has 3 heterocycles. The third kappa shape index (κ3) is 3.40. The van der Waals surface area contributed by atoms with E-state index in [4.69, 9.17) is 22.4 Å². The van der Waals surface area contributed by atoms with E-state index in [-0.39, 0.29) is 0 Å². The van der Waals surface area contributed by atoms with Gasteiger partial charge in [-0.1, -0.05) is 37.1 Å². The molecule has 1 unspecified atom stereocenters. The molecule has 0 saturated carbocycles. The smallest absolute Gasteiger partial charge is 0.158 e. The summed E-state index contributed by atoms with van der Waals surface area (Å²) in [4.78, 5) is 6.61. The molecule has 0 bridgehead atoms. The average Bonchev–Trinajstić information content (AvgIpc) is 3.05. The van der Waals surface area contributed by atoms with E-state index in [0.717, 1.165) is 60.0 Å². The topological polar surface area (TPSA) is 60.0 Å². The number of fused-ring (bicyclic) bond motifs is 1. The fourth-order valence-electron chi connectivity index (χ4n) is 4.97. The molecular formula is C24H30ClN5. The van der Waals surface area contributed by atoms with Gasteiger partial charge in [-0.2, -0.15) is 5.10 Å². The summed E-state index contributed by atoms with van der Waals surface area (Å²) in [7, 11) is 2.00. The number of rotatable bonds is 5. The Labute approximate surface area is 183 Å². The Balaban J connectivity index is 1.89. The molecule has 1 atom stereocenters. The van der Waals surface area contributed by atoms with Crippen LogP contribution in [0.25, 0.3) is 0 Å². The molecule has 5 nitrogen and oxygen atoms in total. The predicted octanol–water partition coefficient (Wildman–Crippen LogP) is 5.17. The molecule has 3 aromatic rings. The second-order valence-electron chi connectivity index (χ2n) is 8.40. The minimum atomic E-state index is -0.631. The molecule has 0 saturated heterocycles. The van der Waals surface area contributed by atoms with Crippen LogP contribution >= 0.6 is 11.6 Å². The lowest BCUT2D eigenvalue weighted by atomic mass is 9.81. The highest BCUT2D eigenvalue weighted by molar-refractivity contribution is 6.33. The van der Waals surface area contributed by atoms with Crippen LogP contribution in [-0.2, 0) is 19.0 Å². The van der Waals surface area contributed by atoms with Gasteiger partial charge in [0.1, 0.15) is 0 Å². The first kappa shape index (κ1) is 20.9. The Kier molecular flexibility index (Phi) is 5.60. The van der Waals surface area contributed by atoms with Crippen LogP contribution in [0.5, 0.6) is 0 Å². The first-order valence-corrected chi connectivity index (χ1v) is 11.0. The SMILES string of the molecule is CCCC(N)(c1cccnc1)c1c2c(nn1C)N(c1c(C)cc(C)cc1Cl)CCC2. The van der Waals surface area contributed by atoms with Gasteiger partial charge in [0.2, 0.25) is 0 Å². The zero-order valence-electron chi connectivity index (χ0n) is 18.2. The highest BCUT2D eigenvalue weighted by atomic mass is 35.5. The molecule has 0 amide bonds. The maximum absolute atomic E-state index is 7.14. The second-order valence-corrected chi connectivity index (χ2v) is 8.81. The lowest BCUT2D eigenvalue weighted by molar-refractivity contribution is 0.441. The molecule has 1 aliphatic heterocycles. The van der Waals surface area contributed by atoms with Gasteiger partial charge in [0.15, 0.2) is 5.82 Å². The largest absolute Gasteiger partial charge is 0.323 e. The van der Waals surface area contributed by atoms with Crippen LogP contribution in [0.1, 0.15) is 54.1 Å². The molecule has 4 rings (SSSR count). The Morgan fingerprint density at radius 1 is 1.27 bits per heavy atom. The summed E-state index contributed by atoms with van der Waals surface area (Å²) in [5, 5.41) is 5.74. The van der Waals surface area contributed by atoms with Crippen LogP contribution in [0, 0.1) is 13.8 Å². The molecule has 0 fully saturated rings. The summed E-state index contributed by atoms with van der Waals surface area (Å²) < 4.78 is 1.98. The number of anilines is 2. The minimum absolute atomic E-state index is 0.631. The van der Waals surface area contributed by atoms with Crippen LogP contribution < -0.4 is 10.6 Å². The zero-order chi connectivity index (χ0) is 21.5. The van der Waals surface area contributed by atoms with Crippen molar-refractivity contribution in [1.29, 1.82) is 0 Å². The van der Waals surface area contributed by atoms with Gasteiger partial charge in [0, 0.05) is 31.5 Å².